The number of fused-ring (bicyclic) bond motifs is 1. The standard InChI is InChI=1S/C17H18ClN3O3/c1-10-16(18)11(2)20(19-10)9-15(22)21-13-7-5-4-6-12(13)8-14(21)17(23)24-3/h4-7,14H,8-9H2,1-3H3/t14-/m0/s1. The number of aryl methyl sites for hydroxylation is 1. The van der Waals surface area contributed by atoms with E-state index in [4.69, 9.17) is 16.3 Å². The first-order valence-electron chi connectivity index (χ1n) is 7.61. The van der Waals surface area contributed by atoms with Crippen molar-refractivity contribution >= 4 is 29.2 Å². The molecule has 1 aliphatic heterocycles. The van der Waals surface area contributed by atoms with Gasteiger partial charge in [-0.2, -0.15) is 5.10 Å². The van der Waals surface area contributed by atoms with Gasteiger partial charge in [-0.15, -0.1) is 0 Å². The molecule has 0 saturated carbocycles. The molecule has 7 heteroatoms. The average molecular weight is 348 g/mol. The highest BCUT2D eigenvalue weighted by atomic mass is 35.5. The topological polar surface area (TPSA) is 64.4 Å². The van der Waals surface area contributed by atoms with Gasteiger partial charge in [0, 0.05) is 12.1 Å². The lowest BCUT2D eigenvalue weighted by atomic mass is 10.1. The zero-order chi connectivity index (χ0) is 17.4. The molecule has 1 atom stereocenters. The van der Waals surface area contributed by atoms with Crippen molar-refractivity contribution in [3.63, 3.8) is 0 Å². The van der Waals surface area contributed by atoms with Gasteiger partial charge in [0.25, 0.3) is 0 Å². The first kappa shape index (κ1) is 16.5. The van der Waals surface area contributed by atoms with E-state index in [-0.39, 0.29) is 12.5 Å². The molecule has 24 heavy (non-hydrogen) atoms. The van der Waals surface area contributed by atoms with Gasteiger partial charge in [0.05, 0.1) is 23.5 Å². The number of hydrogen-bond acceptors (Lipinski definition) is 4. The number of halogens is 1. The lowest BCUT2D eigenvalue weighted by Gasteiger charge is -2.24. The lowest BCUT2D eigenvalue weighted by Crippen LogP contribution is -2.45. The Kier molecular flexibility index (Phi) is 4.32. The van der Waals surface area contributed by atoms with E-state index in [0.29, 0.717) is 17.1 Å². The van der Waals surface area contributed by atoms with Gasteiger partial charge in [-0.25, -0.2) is 4.79 Å². The number of carbonyl (C=O) groups is 2. The van der Waals surface area contributed by atoms with Crippen LogP contribution in [0.15, 0.2) is 24.3 Å². The normalized spacial score (nSPS) is 16.2. The van der Waals surface area contributed by atoms with Gasteiger partial charge in [0.15, 0.2) is 0 Å². The second-order valence-corrected chi connectivity index (χ2v) is 6.16. The van der Waals surface area contributed by atoms with Gasteiger partial charge in [-0.3, -0.25) is 14.4 Å². The van der Waals surface area contributed by atoms with E-state index >= 15 is 0 Å². The summed E-state index contributed by atoms with van der Waals surface area (Å²) in [5.41, 5.74) is 3.09. The molecule has 1 aliphatic rings. The minimum absolute atomic E-state index is 0.0151. The summed E-state index contributed by atoms with van der Waals surface area (Å²) in [6.07, 6.45) is 0.451. The monoisotopic (exact) mass is 347 g/mol. The fraction of sp³-hybridized carbons (Fsp3) is 0.353. The molecule has 3 rings (SSSR count). The summed E-state index contributed by atoms with van der Waals surface area (Å²) in [5, 5.41) is 4.84. The Morgan fingerprint density at radius 3 is 2.67 bits per heavy atom. The number of esters is 1. The van der Waals surface area contributed by atoms with Crippen LogP contribution in [0.3, 0.4) is 0 Å². The number of hydrogen-bond donors (Lipinski definition) is 0. The van der Waals surface area contributed by atoms with E-state index in [1.165, 1.54) is 12.0 Å². The van der Waals surface area contributed by atoms with Crippen LogP contribution in [-0.2, 0) is 27.3 Å². The second kappa shape index (κ2) is 6.28. The number of anilines is 1. The molecule has 1 aromatic heterocycles. The number of rotatable bonds is 3. The van der Waals surface area contributed by atoms with Crippen molar-refractivity contribution in [2.75, 3.05) is 12.0 Å². The number of nitrogens with zero attached hydrogens (tertiary/aromatic N) is 3. The van der Waals surface area contributed by atoms with Crippen LogP contribution in [0.2, 0.25) is 5.02 Å². The third kappa shape index (κ3) is 2.67. The quantitative estimate of drug-likeness (QED) is 0.799. The molecule has 1 aromatic carbocycles. The number of benzene rings is 1. The predicted molar refractivity (Wildman–Crippen MR) is 90.1 cm³/mol. The summed E-state index contributed by atoms with van der Waals surface area (Å²) in [7, 11) is 1.33. The molecule has 0 bridgehead atoms. The molecular weight excluding hydrogens is 330 g/mol. The smallest absolute Gasteiger partial charge is 0.329 e. The van der Waals surface area contributed by atoms with E-state index in [2.05, 4.69) is 5.10 Å². The molecule has 0 spiro atoms. The Balaban J connectivity index is 1.93. The maximum atomic E-state index is 12.9. The summed E-state index contributed by atoms with van der Waals surface area (Å²) in [6, 6.07) is 6.84. The molecule has 0 fully saturated rings. The van der Waals surface area contributed by atoms with E-state index in [1.54, 1.807) is 11.6 Å². The number of para-hydroxylation sites is 1. The summed E-state index contributed by atoms with van der Waals surface area (Å²) in [5.74, 6) is -0.649. The largest absolute Gasteiger partial charge is 0.467 e. The van der Waals surface area contributed by atoms with Crippen molar-refractivity contribution in [2.24, 2.45) is 0 Å². The van der Waals surface area contributed by atoms with Crippen molar-refractivity contribution in [3.05, 3.63) is 46.2 Å². The van der Waals surface area contributed by atoms with Crippen LogP contribution >= 0.6 is 11.6 Å². The van der Waals surface area contributed by atoms with Crippen molar-refractivity contribution in [1.82, 2.24) is 9.78 Å². The lowest BCUT2D eigenvalue weighted by molar-refractivity contribution is -0.143. The van der Waals surface area contributed by atoms with Gasteiger partial charge in [0.2, 0.25) is 5.91 Å². The van der Waals surface area contributed by atoms with E-state index in [9.17, 15) is 9.59 Å². The summed E-state index contributed by atoms with van der Waals surface area (Å²) >= 11 is 6.14. The number of methoxy groups -OCH3 is 1. The molecule has 0 radical (unpaired) electrons. The summed E-state index contributed by atoms with van der Waals surface area (Å²) in [6.45, 7) is 3.62. The van der Waals surface area contributed by atoms with Crippen LogP contribution in [-0.4, -0.2) is 34.8 Å². The molecule has 6 nitrogen and oxygen atoms in total. The van der Waals surface area contributed by atoms with Crippen LogP contribution in [0.4, 0.5) is 5.69 Å². The maximum Gasteiger partial charge on any atom is 0.329 e. The van der Waals surface area contributed by atoms with Crippen molar-refractivity contribution in [1.29, 1.82) is 0 Å². The molecular formula is C17H18ClN3O3. The Morgan fingerprint density at radius 2 is 2.04 bits per heavy atom. The highest BCUT2D eigenvalue weighted by Crippen LogP contribution is 2.33. The third-order valence-electron chi connectivity index (χ3n) is 4.30. The molecule has 126 valence electrons. The number of ether oxygens (including phenoxy) is 1. The van der Waals surface area contributed by atoms with Crippen molar-refractivity contribution in [2.45, 2.75) is 32.9 Å². The fourth-order valence-electron chi connectivity index (χ4n) is 3.05. The summed E-state index contributed by atoms with van der Waals surface area (Å²) in [4.78, 5) is 26.5. The second-order valence-electron chi connectivity index (χ2n) is 5.78. The number of carbonyl (C=O) groups excluding carboxylic acids is 2. The molecule has 0 saturated heterocycles. The van der Waals surface area contributed by atoms with Crippen LogP contribution in [0, 0.1) is 13.8 Å². The van der Waals surface area contributed by atoms with Gasteiger partial charge in [0.1, 0.15) is 12.6 Å². The highest BCUT2D eigenvalue weighted by molar-refractivity contribution is 6.31. The average Bonchev–Trinajstić information content (AvgIpc) is 3.08. The fourth-order valence-corrected chi connectivity index (χ4v) is 3.19. The number of amides is 1. The Hall–Kier alpha value is -2.34. The van der Waals surface area contributed by atoms with Crippen molar-refractivity contribution < 1.29 is 14.3 Å². The Bertz CT molecular complexity index is 815. The zero-order valence-corrected chi connectivity index (χ0v) is 14.5. The minimum Gasteiger partial charge on any atom is -0.467 e. The first-order chi connectivity index (χ1) is 11.4. The SMILES string of the molecule is COC(=O)[C@@H]1Cc2ccccc2N1C(=O)Cn1nc(C)c(Cl)c1C. The Labute approximate surface area is 145 Å². The molecule has 2 heterocycles. The van der Waals surface area contributed by atoms with Crippen LogP contribution in [0.5, 0.6) is 0 Å². The molecule has 0 N–H and O–H groups in total. The Morgan fingerprint density at radius 1 is 1.33 bits per heavy atom. The third-order valence-corrected chi connectivity index (χ3v) is 4.84. The van der Waals surface area contributed by atoms with E-state index in [1.807, 2.05) is 31.2 Å². The summed E-state index contributed by atoms with van der Waals surface area (Å²) < 4.78 is 6.43. The predicted octanol–water partition coefficient (Wildman–Crippen LogP) is 2.28. The van der Waals surface area contributed by atoms with Crippen molar-refractivity contribution in [3.8, 4) is 0 Å². The zero-order valence-electron chi connectivity index (χ0n) is 13.7. The van der Waals surface area contributed by atoms with Gasteiger partial charge >= 0.3 is 5.97 Å². The minimum atomic E-state index is -0.646. The molecule has 2 aromatic rings. The van der Waals surface area contributed by atoms with E-state index < -0.39 is 12.0 Å². The van der Waals surface area contributed by atoms with Crippen LogP contribution in [0.1, 0.15) is 17.0 Å². The van der Waals surface area contributed by atoms with Gasteiger partial charge in [-0.05, 0) is 25.5 Å². The van der Waals surface area contributed by atoms with Crippen LogP contribution in [0.25, 0.3) is 0 Å². The van der Waals surface area contributed by atoms with Crippen LogP contribution < -0.4 is 4.90 Å². The number of aromatic nitrogens is 2. The maximum absolute atomic E-state index is 12.9. The first-order valence-corrected chi connectivity index (χ1v) is 7.99. The highest BCUT2D eigenvalue weighted by Gasteiger charge is 2.39. The molecule has 0 aliphatic carbocycles. The van der Waals surface area contributed by atoms with E-state index in [0.717, 1.165) is 16.9 Å². The van der Waals surface area contributed by atoms with Gasteiger partial charge in [-0.1, -0.05) is 29.8 Å². The van der Waals surface area contributed by atoms with Gasteiger partial charge < -0.3 is 4.74 Å². The molecule has 0 unspecified atom stereocenters. The molecule has 1 amide bonds.